The molecule has 1 fully saturated rings. The zero-order chi connectivity index (χ0) is 13.5. The molecule has 3 N–H and O–H groups in total. The third kappa shape index (κ3) is 4.34. The van der Waals surface area contributed by atoms with Crippen molar-refractivity contribution in [1.82, 2.24) is 4.98 Å². The lowest BCUT2D eigenvalue weighted by molar-refractivity contribution is 0.165. The number of aromatic nitrogens is 1. The molecule has 1 atom stereocenters. The van der Waals surface area contributed by atoms with Gasteiger partial charge in [-0.1, -0.05) is 31.2 Å². The third-order valence-corrected chi connectivity index (χ3v) is 3.56. The van der Waals surface area contributed by atoms with Crippen LogP contribution in [0, 0.1) is 17.8 Å². The molecule has 1 aromatic heterocycles. The van der Waals surface area contributed by atoms with Gasteiger partial charge in [0.05, 0.1) is 11.8 Å². The van der Waals surface area contributed by atoms with Crippen molar-refractivity contribution in [2.45, 2.75) is 44.6 Å². The quantitative estimate of drug-likeness (QED) is 0.818. The molecule has 0 saturated heterocycles. The molecule has 102 valence electrons. The summed E-state index contributed by atoms with van der Waals surface area (Å²) in [7, 11) is 0. The van der Waals surface area contributed by atoms with E-state index in [0.717, 1.165) is 5.69 Å². The molecular weight excluding hydrogens is 236 g/mol. The summed E-state index contributed by atoms with van der Waals surface area (Å²) < 4.78 is 0. The normalized spacial score (nSPS) is 17.6. The fourth-order valence-corrected chi connectivity index (χ4v) is 2.44. The van der Waals surface area contributed by atoms with Crippen LogP contribution in [0.5, 0.6) is 0 Å². The first kappa shape index (κ1) is 14.0. The second kappa shape index (κ2) is 7.28. The molecule has 2 rings (SSSR count). The van der Waals surface area contributed by atoms with Crippen molar-refractivity contribution in [3.8, 4) is 11.8 Å². The minimum absolute atomic E-state index is 0.459. The van der Waals surface area contributed by atoms with Gasteiger partial charge in [0.25, 0.3) is 0 Å². The minimum Gasteiger partial charge on any atom is -0.387 e. The average molecular weight is 258 g/mol. The Bertz CT molecular complexity index is 455. The largest absolute Gasteiger partial charge is 0.387 e. The van der Waals surface area contributed by atoms with Gasteiger partial charge >= 0.3 is 0 Å². The maximum absolute atomic E-state index is 9.87. The topological polar surface area (TPSA) is 59.1 Å². The predicted molar refractivity (Wildman–Crippen MR) is 76.3 cm³/mol. The van der Waals surface area contributed by atoms with E-state index >= 15 is 0 Å². The van der Waals surface area contributed by atoms with Crippen LogP contribution in [-0.2, 0) is 0 Å². The highest BCUT2D eigenvalue weighted by Crippen LogP contribution is 2.22. The Morgan fingerprint density at radius 1 is 1.32 bits per heavy atom. The van der Waals surface area contributed by atoms with Crippen LogP contribution in [0.4, 0.5) is 0 Å². The highest BCUT2D eigenvalue weighted by molar-refractivity contribution is 5.30. The molecule has 0 spiro atoms. The molecule has 1 aromatic rings. The van der Waals surface area contributed by atoms with Crippen LogP contribution in [0.15, 0.2) is 18.2 Å². The van der Waals surface area contributed by atoms with Crippen LogP contribution in [0.2, 0.25) is 0 Å². The van der Waals surface area contributed by atoms with Crippen molar-refractivity contribution >= 4 is 0 Å². The second-order valence-corrected chi connectivity index (χ2v) is 5.15. The number of hydrogen-bond acceptors (Lipinski definition) is 3. The molecule has 1 unspecified atom stereocenters. The van der Waals surface area contributed by atoms with E-state index in [9.17, 15) is 5.11 Å². The number of pyridine rings is 1. The minimum atomic E-state index is -0.582. The number of nitrogens with two attached hydrogens (primary N) is 1. The maximum atomic E-state index is 9.87. The molecule has 19 heavy (non-hydrogen) atoms. The smallest absolute Gasteiger partial charge is 0.113 e. The molecule has 0 bridgehead atoms. The van der Waals surface area contributed by atoms with E-state index < -0.39 is 6.10 Å². The predicted octanol–water partition coefficient (Wildman–Crippen LogP) is 2.40. The molecule has 0 aromatic carbocycles. The summed E-state index contributed by atoms with van der Waals surface area (Å²) in [5.74, 6) is 6.99. The lowest BCUT2D eigenvalue weighted by atomic mass is 9.90. The van der Waals surface area contributed by atoms with E-state index in [4.69, 9.17) is 5.73 Å². The van der Waals surface area contributed by atoms with E-state index in [-0.39, 0.29) is 0 Å². The molecule has 3 nitrogen and oxygen atoms in total. The summed E-state index contributed by atoms with van der Waals surface area (Å²) in [6, 6.07) is 5.62. The maximum Gasteiger partial charge on any atom is 0.113 e. The standard InChI is InChI=1S/C16H22N2O/c17-12-11-16(19)15-8-4-7-14(18-15)10-9-13-5-2-1-3-6-13/h4,7-8,13,16,19H,1-3,5-6,11-12,17H2. The zero-order valence-corrected chi connectivity index (χ0v) is 11.3. The molecule has 1 heterocycles. The van der Waals surface area contributed by atoms with Crippen molar-refractivity contribution in [1.29, 1.82) is 0 Å². The molecule has 0 aliphatic heterocycles. The Morgan fingerprint density at radius 2 is 2.11 bits per heavy atom. The lowest BCUT2D eigenvalue weighted by Gasteiger charge is -2.15. The SMILES string of the molecule is NCCC(O)c1cccc(C#CC2CCCCC2)n1. The zero-order valence-electron chi connectivity index (χ0n) is 11.3. The van der Waals surface area contributed by atoms with Crippen molar-refractivity contribution in [3.63, 3.8) is 0 Å². The Morgan fingerprint density at radius 3 is 2.84 bits per heavy atom. The van der Waals surface area contributed by atoms with Gasteiger partial charge in [0.15, 0.2) is 0 Å². The first-order valence-electron chi connectivity index (χ1n) is 7.16. The van der Waals surface area contributed by atoms with Crippen LogP contribution in [0.1, 0.15) is 56.0 Å². The van der Waals surface area contributed by atoms with Crippen molar-refractivity contribution < 1.29 is 5.11 Å². The van der Waals surface area contributed by atoms with E-state index in [0.29, 0.717) is 24.6 Å². The average Bonchev–Trinajstić information content (AvgIpc) is 2.47. The highest BCUT2D eigenvalue weighted by atomic mass is 16.3. The monoisotopic (exact) mass is 258 g/mol. The highest BCUT2D eigenvalue weighted by Gasteiger charge is 2.10. The Labute approximate surface area is 115 Å². The molecular formula is C16H22N2O. The van der Waals surface area contributed by atoms with Crippen LogP contribution < -0.4 is 5.73 Å². The Kier molecular flexibility index (Phi) is 5.38. The van der Waals surface area contributed by atoms with Crippen LogP contribution >= 0.6 is 0 Å². The van der Waals surface area contributed by atoms with Gasteiger partial charge in [0, 0.05) is 5.92 Å². The molecule has 1 saturated carbocycles. The fourth-order valence-electron chi connectivity index (χ4n) is 2.44. The van der Waals surface area contributed by atoms with Gasteiger partial charge in [-0.25, -0.2) is 4.98 Å². The Hall–Kier alpha value is -1.37. The number of aliphatic hydroxyl groups is 1. The fraction of sp³-hybridized carbons (Fsp3) is 0.562. The second-order valence-electron chi connectivity index (χ2n) is 5.15. The van der Waals surface area contributed by atoms with Gasteiger partial charge < -0.3 is 10.8 Å². The van der Waals surface area contributed by atoms with Gasteiger partial charge in [-0.3, -0.25) is 0 Å². The number of aliphatic hydroxyl groups excluding tert-OH is 1. The lowest BCUT2D eigenvalue weighted by Crippen LogP contribution is -2.08. The molecule has 0 amide bonds. The third-order valence-electron chi connectivity index (χ3n) is 3.56. The van der Waals surface area contributed by atoms with Gasteiger partial charge in [0.1, 0.15) is 5.69 Å². The van der Waals surface area contributed by atoms with E-state index in [1.54, 1.807) is 0 Å². The summed E-state index contributed by atoms with van der Waals surface area (Å²) in [5, 5.41) is 9.87. The number of rotatable bonds is 3. The number of nitrogens with zero attached hydrogens (tertiary/aromatic N) is 1. The van der Waals surface area contributed by atoms with Gasteiger partial charge in [-0.05, 0) is 43.9 Å². The van der Waals surface area contributed by atoms with E-state index in [1.165, 1.54) is 32.1 Å². The molecule has 1 aliphatic rings. The van der Waals surface area contributed by atoms with Gasteiger partial charge in [-0.15, -0.1) is 0 Å². The summed E-state index contributed by atoms with van der Waals surface area (Å²) in [6.45, 7) is 0.459. The first-order valence-corrected chi connectivity index (χ1v) is 7.16. The van der Waals surface area contributed by atoms with Gasteiger partial charge in [-0.2, -0.15) is 0 Å². The summed E-state index contributed by atoms with van der Waals surface area (Å²) in [4.78, 5) is 4.40. The van der Waals surface area contributed by atoms with Crippen LogP contribution in [0.25, 0.3) is 0 Å². The summed E-state index contributed by atoms with van der Waals surface area (Å²) >= 11 is 0. The van der Waals surface area contributed by atoms with Crippen molar-refractivity contribution in [2.75, 3.05) is 6.54 Å². The summed E-state index contributed by atoms with van der Waals surface area (Å²) in [5.41, 5.74) is 6.86. The van der Waals surface area contributed by atoms with Gasteiger partial charge in [0.2, 0.25) is 0 Å². The molecule has 1 aliphatic carbocycles. The molecule has 0 radical (unpaired) electrons. The van der Waals surface area contributed by atoms with Crippen LogP contribution in [-0.4, -0.2) is 16.6 Å². The van der Waals surface area contributed by atoms with E-state index in [1.807, 2.05) is 18.2 Å². The van der Waals surface area contributed by atoms with Crippen molar-refractivity contribution in [3.05, 3.63) is 29.6 Å². The van der Waals surface area contributed by atoms with E-state index in [2.05, 4.69) is 16.8 Å². The number of hydrogen-bond donors (Lipinski definition) is 2. The van der Waals surface area contributed by atoms with Crippen molar-refractivity contribution in [2.24, 2.45) is 11.7 Å². The first-order chi connectivity index (χ1) is 9.29. The summed E-state index contributed by atoms with van der Waals surface area (Å²) in [6.07, 6.45) is 6.31. The van der Waals surface area contributed by atoms with Crippen LogP contribution in [0.3, 0.4) is 0 Å². The Balaban J connectivity index is 2.04. The molecule has 3 heteroatoms.